The Morgan fingerprint density at radius 2 is 1.60 bits per heavy atom. The van der Waals surface area contributed by atoms with E-state index in [0.717, 1.165) is 6.42 Å². The van der Waals surface area contributed by atoms with E-state index in [4.69, 9.17) is 13.3 Å². The van der Waals surface area contributed by atoms with Gasteiger partial charge in [-0.05, 0) is 18.9 Å². The van der Waals surface area contributed by atoms with Crippen molar-refractivity contribution in [1.82, 2.24) is 0 Å². The molecule has 0 bridgehead atoms. The Hall–Kier alpha value is -0.493. The SMILES string of the molecule is C=C(C)C(=O)CCC.CO[SiH](OC)OC. The topological polar surface area (TPSA) is 44.8 Å². The number of carbonyl (C=O) groups excluding carboxylic acids is 1. The average molecular weight is 234 g/mol. The molecule has 0 spiro atoms. The van der Waals surface area contributed by atoms with Gasteiger partial charge in [0.05, 0.1) is 0 Å². The lowest BCUT2D eigenvalue weighted by atomic mass is 10.1. The highest BCUT2D eigenvalue weighted by atomic mass is 28.3. The molecule has 0 aromatic rings. The third-order valence-corrected chi connectivity index (χ3v) is 2.69. The van der Waals surface area contributed by atoms with Crippen molar-refractivity contribution >= 4 is 15.3 Å². The van der Waals surface area contributed by atoms with Crippen LogP contribution in [-0.2, 0) is 18.1 Å². The average Bonchev–Trinajstić information content (AvgIpc) is 2.21. The Morgan fingerprint density at radius 3 is 1.67 bits per heavy atom. The number of hydrogen-bond donors (Lipinski definition) is 0. The summed E-state index contributed by atoms with van der Waals surface area (Å²) in [5, 5.41) is 0. The van der Waals surface area contributed by atoms with E-state index in [9.17, 15) is 4.79 Å². The maximum Gasteiger partial charge on any atom is 0.483 e. The van der Waals surface area contributed by atoms with Crippen molar-refractivity contribution in [2.24, 2.45) is 0 Å². The van der Waals surface area contributed by atoms with Crippen molar-refractivity contribution in [3.05, 3.63) is 12.2 Å². The quantitative estimate of drug-likeness (QED) is 0.517. The third kappa shape index (κ3) is 11.4. The number of carbonyl (C=O) groups is 1. The molecule has 5 heteroatoms. The fourth-order valence-corrected chi connectivity index (χ4v) is 1.31. The van der Waals surface area contributed by atoms with E-state index in [2.05, 4.69) is 6.58 Å². The summed E-state index contributed by atoms with van der Waals surface area (Å²) < 4.78 is 14.2. The first-order valence-electron chi connectivity index (χ1n) is 4.80. The fraction of sp³-hybridized carbons (Fsp3) is 0.700. The van der Waals surface area contributed by atoms with Crippen LogP contribution in [0.2, 0.25) is 0 Å². The van der Waals surface area contributed by atoms with Crippen LogP contribution in [0.15, 0.2) is 12.2 Å². The smallest absolute Gasteiger partial charge is 0.379 e. The second kappa shape index (κ2) is 11.6. The van der Waals surface area contributed by atoms with Gasteiger partial charge in [-0.1, -0.05) is 13.5 Å². The molecule has 0 saturated heterocycles. The molecule has 15 heavy (non-hydrogen) atoms. The summed E-state index contributed by atoms with van der Waals surface area (Å²) in [7, 11) is 3.05. The van der Waals surface area contributed by atoms with E-state index in [0.29, 0.717) is 12.0 Å². The van der Waals surface area contributed by atoms with Gasteiger partial charge in [0.1, 0.15) is 0 Å². The molecule has 0 aliphatic heterocycles. The Labute approximate surface area is 94.2 Å². The molecule has 0 saturated carbocycles. The summed E-state index contributed by atoms with van der Waals surface area (Å²) in [4.78, 5) is 10.6. The molecule has 0 radical (unpaired) electrons. The number of hydrogen-bond acceptors (Lipinski definition) is 4. The van der Waals surface area contributed by atoms with Crippen LogP contribution >= 0.6 is 0 Å². The van der Waals surface area contributed by atoms with Crippen LogP contribution < -0.4 is 0 Å². The van der Waals surface area contributed by atoms with Gasteiger partial charge in [-0.3, -0.25) is 4.79 Å². The zero-order valence-electron chi connectivity index (χ0n) is 10.3. The van der Waals surface area contributed by atoms with E-state index in [1.807, 2.05) is 6.92 Å². The van der Waals surface area contributed by atoms with Crippen molar-refractivity contribution in [2.45, 2.75) is 26.7 Å². The van der Waals surface area contributed by atoms with Crippen LogP contribution in [0.1, 0.15) is 26.7 Å². The molecule has 4 nitrogen and oxygen atoms in total. The number of rotatable bonds is 6. The summed E-state index contributed by atoms with van der Waals surface area (Å²) in [6.07, 6.45) is 1.57. The molecule has 0 rings (SSSR count). The van der Waals surface area contributed by atoms with Gasteiger partial charge in [0.25, 0.3) is 0 Å². The summed E-state index contributed by atoms with van der Waals surface area (Å²) in [6, 6.07) is 0. The first-order chi connectivity index (χ1) is 7.03. The van der Waals surface area contributed by atoms with E-state index < -0.39 is 9.53 Å². The largest absolute Gasteiger partial charge is 0.483 e. The molecule has 0 atom stereocenters. The summed E-state index contributed by atoms with van der Waals surface area (Å²) >= 11 is 0. The first-order valence-corrected chi connectivity index (χ1v) is 6.21. The van der Waals surface area contributed by atoms with Crippen LogP contribution in [0.4, 0.5) is 0 Å². The zero-order valence-corrected chi connectivity index (χ0v) is 11.5. The van der Waals surface area contributed by atoms with Gasteiger partial charge >= 0.3 is 9.53 Å². The van der Waals surface area contributed by atoms with Crippen LogP contribution in [-0.4, -0.2) is 36.6 Å². The van der Waals surface area contributed by atoms with E-state index in [1.165, 1.54) is 0 Å². The minimum atomic E-state index is -1.67. The van der Waals surface area contributed by atoms with Crippen molar-refractivity contribution < 1.29 is 18.1 Å². The Kier molecular flexibility index (Phi) is 13.1. The standard InChI is InChI=1S/C7H12O.C3H10O3Si/c1-4-5-7(8)6(2)3;1-4-7(5-2)6-3/h2,4-5H2,1,3H3;7H,1-3H3. The van der Waals surface area contributed by atoms with E-state index in [-0.39, 0.29) is 5.78 Å². The lowest BCUT2D eigenvalue weighted by Crippen LogP contribution is -2.21. The van der Waals surface area contributed by atoms with Gasteiger partial charge in [0.2, 0.25) is 0 Å². The molecule has 90 valence electrons. The molecule has 0 aromatic carbocycles. The van der Waals surface area contributed by atoms with Crippen LogP contribution in [0.3, 0.4) is 0 Å². The Balaban J connectivity index is 0. The van der Waals surface area contributed by atoms with Crippen LogP contribution in [0.25, 0.3) is 0 Å². The lowest BCUT2D eigenvalue weighted by molar-refractivity contribution is -0.115. The molecule has 0 unspecified atom stereocenters. The van der Waals surface area contributed by atoms with E-state index >= 15 is 0 Å². The highest BCUT2D eigenvalue weighted by Gasteiger charge is 2.04. The minimum Gasteiger partial charge on any atom is -0.379 e. The monoisotopic (exact) mass is 234 g/mol. The summed E-state index contributed by atoms with van der Waals surface area (Å²) in [5.41, 5.74) is 0.673. The molecular formula is C10H22O4Si. The minimum absolute atomic E-state index is 0.188. The highest BCUT2D eigenvalue weighted by molar-refractivity contribution is 6.36. The highest BCUT2D eigenvalue weighted by Crippen LogP contribution is 1.96. The van der Waals surface area contributed by atoms with Crippen LogP contribution in [0.5, 0.6) is 0 Å². The number of allylic oxidation sites excluding steroid dienone is 1. The predicted octanol–water partition coefficient (Wildman–Crippen LogP) is 1.57. The maximum atomic E-state index is 10.6. The number of ketones is 1. The van der Waals surface area contributed by atoms with Gasteiger partial charge in [0.15, 0.2) is 5.78 Å². The molecule has 0 fully saturated rings. The molecule has 0 amide bonds. The fourth-order valence-electron chi connectivity index (χ4n) is 0.729. The van der Waals surface area contributed by atoms with Gasteiger partial charge < -0.3 is 13.3 Å². The van der Waals surface area contributed by atoms with E-state index in [1.54, 1.807) is 28.3 Å². The lowest BCUT2D eigenvalue weighted by Gasteiger charge is -2.05. The molecular weight excluding hydrogens is 212 g/mol. The zero-order chi connectivity index (χ0) is 12.3. The Morgan fingerprint density at radius 1 is 1.20 bits per heavy atom. The van der Waals surface area contributed by atoms with Gasteiger partial charge in [-0.2, -0.15) is 0 Å². The summed E-state index contributed by atoms with van der Waals surface area (Å²) in [6.45, 7) is 7.26. The number of Topliss-reactive ketones (excluding diaryl/α,β-unsaturated/α-hetero) is 1. The van der Waals surface area contributed by atoms with Crippen LogP contribution in [0, 0.1) is 0 Å². The maximum absolute atomic E-state index is 10.6. The molecule has 0 N–H and O–H groups in total. The Bertz CT molecular complexity index is 173. The molecule has 0 aliphatic carbocycles. The van der Waals surface area contributed by atoms with Crippen molar-refractivity contribution in [3.63, 3.8) is 0 Å². The third-order valence-electron chi connectivity index (χ3n) is 1.53. The van der Waals surface area contributed by atoms with Crippen molar-refractivity contribution in [2.75, 3.05) is 21.3 Å². The predicted molar refractivity (Wildman–Crippen MR) is 62.9 cm³/mol. The first kappa shape index (κ1) is 16.9. The second-order valence-electron chi connectivity index (χ2n) is 2.95. The van der Waals surface area contributed by atoms with Crippen molar-refractivity contribution in [1.29, 1.82) is 0 Å². The van der Waals surface area contributed by atoms with Gasteiger partial charge in [0, 0.05) is 27.8 Å². The van der Waals surface area contributed by atoms with Gasteiger partial charge in [-0.15, -0.1) is 0 Å². The van der Waals surface area contributed by atoms with Crippen molar-refractivity contribution in [3.8, 4) is 0 Å². The molecule has 0 heterocycles. The molecule has 0 aromatic heterocycles. The summed E-state index contributed by atoms with van der Waals surface area (Å²) in [5.74, 6) is 0.188. The molecule has 0 aliphatic rings. The van der Waals surface area contributed by atoms with Gasteiger partial charge in [-0.25, -0.2) is 0 Å². The second-order valence-corrected chi connectivity index (χ2v) is 4.94. The normalized spacial score (nSPS) is 9.47.